The van der Waals surface area contributed by atoms with Crippen LogP contribution in [0.5, 0.6) is 0 Å². The minimum absolute atomic E-state index is 0.0231. The lowest BCUT2D eigenvalue weighted by Crippen LogP contribution is -2.51. The average Bonchev–Trinajstić information content (AvgIpc) is 3.51. The van der Waals surface area contributed by atoms with Crippen LogP contribution in [0.15, 0.2) is 24.8 Å². The van der Waals surface area contributed by atoms with Gasteiger partial charge in [0.05, 0.1) is 13.1 Å². The molecular formula is C24H33N7O11. The molecular weight excluding hydrogens is 562 g/mol. The van der Waals surface area contributed by atoms with Crippen LogP contribution in [0.25, 0.3) is 0 Å². The highest BCUT2D eigenvalue weighted by atomic mass is 16.4. The number of aromatic nitrogens is 4. The molecule has 2 aromatic rings. The second-order valence-corrected chi connectivity index (χ2v) is 9.27. The highest BCUT2D eigenvalue weighted by Crippen LogP contribution is 2.12. The Labute approximate surface area is 238 Å². The third kappa shape index (κ3) is 11.6. The summed E-state index contributed by atoms with van der Waals surface area (Å²) in [5.41, 5.74) is 0. The van der Waals surface area contributed by atoms with Crippen molar-refractivity contribution < 1.29 is 54.3 Å². The second-order valence-electron chi connectivity index (χ2n) is 9.27. The van der Waals surface area contributed by atoms with E-state index in [-0.39, 0.29) is 39.0 Å². The molecule has 0 radical (unpaired) electrons. The van der Waals surface area contributed by atoms with Crippen LogP contribution in [0.4, 0.5) is 4.79 Å². The number of hydrogen-bond donors (Lipinski definition) is 7. The number of amides is 2. The van der Waals surface area contributed by atoms with Gasteiger partial charge in [-0.15, -0.1) is 0 Å². The summed E-state index contributed by atoms with van der Waals surface area (Å²) in [6.07, 6.45) is 5.70. The number of rotatable bonds is 20. The van der Waals surface area contributed by atoms with Crippen LogP contribution in [0.1, 0.15) is 43.8 Å². The Morgan fingerprint density at radius 1 is 0.714 bits per heavy atom. The zero-order valence-electron chi connectivity index (χ0n) is 22.5. The van der Waals surface area contributed by atoms with E-state index in [2.05, 4.69) is 20.6 Å². The number of aliphatic carboxylic acids is 5. The van der Waals surface area contributed by atoms with Crippen LogP contribution in [0.3, 0.4) is 0 Å². The van der Waals surface area contributed by atoms with Gasteiger partial charge >= 0.3 is 35.9 Å². The van der Waals surface area contributed by atoms with Crippen molar-refractivity contribution in [3.63, 3.8) is 0 Å². The monoisotopic (exact) mass is 595 g/mol. The Morgan fingerprint density at radius 2 is 1.19 bits per heavy atom. The minimum Gasteiger partial charge on any atom is -0.481 e. The van der Waals surface area contributed by atoms with E-state index >= 15 is 0 Å². The van der Waals surface area contributed by atoms with E-state index in [0.29, 0.717) is 31.0 Å². The molecule has 0 saturated carbocycles. The molecule has 230 valence electrons. The van der Waals surface area contributed by atoms with Gasteiger partial charge in [0, 0.05) is 31.2 Å². The standard InChI is InChI=1S/C24H33N7O11/c32-19(33)5-4-16(23(40)41)28-24(42)27-15(22(38)39)3-1-2-8-29(11-17-25-6-9-30(17)13-20(34)35)12-18-26-7-10-31(18)14-21(36)37/h6-7,9-10,15-16H,1-5,8,11-14H2,(H,32,33)(H,34,35)(H,36,37)(H,38,39)(H,40,41)(H2,27,28,42)/t15-,16?/m1/s1. The molecule has 0 aliphatic carbocycles. The molecule has 7 N–H and O–H groups in total. The molecule has 0 bridgehead atoms. The zero-order valence-corrected chi connectivity index (χ0v) is 22.5. The van der Waals surface area contributed by atoms with Crippen molar-refractivity contribution in [2.45, 2.75) is 70.4 Å². The maximum atomic E-state index is 12.2. The van der Waals surface area contributed by atoms with Crippen molar-refractivity contribution in [3.05, 3.63) is 36.4 Å². The molecule has 2 atom stereocenters. The van der Waals surface area contributed by atoms with E-state index < -0.39 is 54.4 Å². The third-order valence-electron chi connectivity index (χ3n) is 6.02. The lowest BCUT2D eigenvalue weighted by atomic mass is 10.1. The number of nitrogens with zero attached hydrogens (tertiary/aromatic N) is 5. The van der Waals surface area contributed by atoms with E-state index in [1.807, 2.05) is 4.90 Å². The zero-order chi connectivity index (χ0) is 31.2. The molecule has 2 rings (SSSR count). The van der Waals surface area contributed by atoms with Crippen molar-refractivity contribution in [1.29, 1.82) is 0 Å². The molecule has 42 heavy (non-hydrogen) atoms. The van der Waals surface area contributed by atoms with Crippen LogP contribution in [-0.4, -0.2) is 104 Å². The summed E-state index contributed by atoms with van der Waals surface area (Å²) in [6.45, 7) is 0.0642. The van der Waals surface area contributed by atoms with Crippen molar-refractivity contribution in [2.75, 3.05) is 6.54 Å². The maximum absolute atomic E-state index is 12.2. The summed E-state index contributed by atoms with van der Waals surface area (Å²) in [6, 6.07) is -3.96. The van der Waals surface area contributed by atoms with E-state index in [4.69, 9.17) is 15.3 Å². The quantitative estimate of drug-likeness (QED) is 0.0951. The lowest BCUT2D eigenvalue weighted by Gasteiger charge is -2.23. The maximum Gasteiger partial charge on any atom is 0.326 e. The first kappa shape index (κ1) is 33.2. The van der Waals surface area contributed by atoms with Gasteiger partial charge in [-0.1, -0.05) is 0 Å². The molecule has 0 aliphatic heterocycles. The third-order valence-corrected chi connectivity index (χ3v) is 6.02. The highest BCUT2D eigenvalue weighted by molar-refractivity contribution is 5.86. The van der Waals surface area contributed by atoms with E-state index in [1.54, 1.807) is 0 Å². The fourth-order valence-corrected chi connectivity index (χ4v) is 4.00. The predicted molar refractivity (Wildman–Crippen MR) is 139 cm³/mol. The van der Waals surface area contributed by atoms with Gasteiger partial charge in [0.1, 0.15) is 36.8 Å². The number of carbonyl (C=O) groups excluding carboxylic acids is 1. The van der Waals surface area contributed by atoms with E-state index in [9.17, 15) is 39.0 Å². The van der Waals surface area contributed by atoms with Gasteiger partial charge < -0.3 is 45.3 Å². The van der Waals surface area contributed by atoms with Crippen LogP contribution in [0, 0.1) is 0 Å². The number of unbranched alkanes of at least 4 members (excludes halogenated alkanes) is 1. The van der Waals surface area contributed by atoms with Gasteiger partial charge in [0.25, 0.3) is 0 Å². The van der Waals surface area contributed by atoms with Crippen molar-refractivity contribution >= 4 is 35.9 Å². The van der Waals surface area contributed by atoms with Gasteiger partial charge in [0.15, 0.2) is 0 Å². The van der Waals surface area contributed by atoms with Gasteiger partial charge in [0.2, 0.25) is 0 Å². The molecule has 0 spiro atoms. The molecule has 18 heteroatoms. The Hall–Kier alpha value is -5.00. The van der Waals surface area contributed by atoms with Crippen molar-refractivity contribution in [3.8, 4) is 0 Å². The predicted octanol–water partition coefficient (Wildman–Crippen LogP) is -0.508. The van der Waals surface area contributed by atoms with Crippen LogP contribution < -0.4 is 10.6 Å². The summed E-state index contributed by atoms with van der Waals surface area (Å²) in [4.78, 5) is 78.6. The Bertz CT molecular complexity index is 1200. The number of hydrogen-bond acceptors (Lipinski definition) is 9. The van der Waals surface area contributed by atoms with Crippen LogP contribution in [0.2, 0.25) is 0 Å². The molecule has 2 aromatic heterocycles. The molecule has 18 nitrogen and oxygen atoms in total. The summed E-state index contributed by atoms with van der Waals surface area (Å²) in [5.74, 6) is -5.33. The largest absolute Gasteiger partial charge is 0.481 e. The molecule has 2 amide bonds. The van der Waals surface area contributed by atoms with Crippen molar-refractivity contribution in [2.24, 2.45) is 0 Å². The molecule has 0 aliphatic rings. The first-order valence-corrected chi connectivity index (χ1v) is 12.8. The fraction of sp³-hybridized carbons (Fsp3) is 0.500. The topological polar surface area (TPSA) is 267 Å². The minimum atomic E-state index is -1.52. The van der Waals surface area contributed by atoms with E-state index in [1.165, 1.54) is 33.9 Å². The summed E-state index contributed by atoms with van der Waals surface area (Å²) in [5, 5.41) is 50.0. The number of nitrogens with one attached hydrogen (secondary N) is 2. The number of carbonyl (C=O) groups is 6. The summed E-state index contributed by atoms with van der Waals surface area (Å²) < 4.78 is 2.89. The van der Waals surface area contributed by atoms with Gasteiger partial charge in [-0.25, -0.2) is 24.4 Å². The Balaban J connectivity index is 2.02. The molecule has 1 unspecified atom stereocenters. The molecule has 0 aromatic carbocycles. The lowest BCUT2D eigenvalue weighted by molar-refractivity contribution is -0.141. The molecule has 2 heterocycles. The highest BCUT2D eigenvalue weighted by Gasteiger charge is 2.25. The van der Waals surface area contributed by atoms with Crippen molar-refractivity contribution in [1.82, 2.24) is 34.6 Å². The van der Waals surface area contributed by atoms with Crippen LogP contribution in [-0.2, 0) is 50.2 Å². The smallest absolute Gasteiger partial charge is 0.326 e. The second kappa shape index (κ2) is 16.3. The Kier molecular flexibility index (Phi) is 12.9. The van der Waals surface area contributed by atoms with E-state index in [0.717, 1.165) is 0 Å². The SMILES string of the molecule is O=C(O)CCC(NC(=O)N[C@H](CCCCN(Cc1nccn1CC(=O)O)Cc1nccn1CC(=O)O)C(=O)O)C(=O)O. The first-order valence-electron chi connectivity index (χ1n) is 12.8. The summed E-state index contributed by atoms with van der Waals surface area (Å²) in [7, 11) is 0. The average molecular weight is 596 g/mol. The number of imidazole rings is 2. The van der Waals surface area contributed by atoms with Gasteiger partial charge in [-0.3, -0.25) is 19.3 Å². The normalized spacial score (nSPS) is 12.4. The Morgan fingerprint density at radius 3 is 1.62 bits per heavy atom. The molecule has 0 saturated heterocycles. The van der Waals surface area contributed by atoms with Gasteiger partial charge in [-0.2, -0.15) is 0 Å². The van der Waals surface area contributed by atoms with Gasteiger partial charge in [-0.05, 0) is 32.2 Å². The number of carboxylic acids is 5. The number of carboxylic acid groups (broad SMARTS) is 5. The fourth-order valence-electron chi connectivity index (χ4n) is 4.00. The van der Waals surface area contributed by atoms with Crippen LogP contribution >= 0.6 is 0 Å². The molecule has 0 fully saturated rings. The number of urea groups is 1. The summed E-state index contributed by atoms with van der Waals surface area (Å²) >= 11 is 0. The first-order chi connectivity index (χ1) is 19.8.